The molecule has 0 amide bonds. The maximum absolute atomic E-state index is 12.1. The van der Waals surface area contributed by atoms with E-state index in [0.29, 0.717) is 6.47 Å². The Labute approximate surface area is 152 Å². The van der Waals surface area contributed by atoms with Gasteiger partial charge in [-0.05, 0) is 49.7 Å². The number of aryl methyl sites for hydroxylation is 1. The van der Waals surface area contributed by atoms with Gasteiger partial charge < -0.3 is 9.47 Å². The van der Waals surface area contributed by atoms with Crippen LogP contribution in [0, 0.1) is 0 Å². The molecule has 2 atom stereocenters. The molecule has 5 heteroatoms. The fraction of sp³-hybridized carbons (Fsp3) is 0.579. The third kappa shape index (κ3) is 6.63. The summed E-state index contributed by atoms with van der Waals surface area (Å²) in [4.78, 5) is 22.6. The van der Waals surface area contributed by atoms with Crippen LogP contribution in [0.1, 0.15) is 56.1 Å². The van der Waals surface area contributed by atoms with Crippen LogP contribution in [0.3, 0.4) is 0 Å². The van der Waals surface area contributed by atoms with Crippen molar-refractivity contribution in [2.24, 2.45) is 0 Å². The first kappa shape index (κ1) is 19.0. The van der Waals surface area contributed by atoms with Crippen LogP contribution in [0.15, 0.2) is 24.3 Å². The Bertz CT molecular complexity index is 515. The first-order valence-corrected chi connectivity index (χ1v) is 9.75. The van der Waals surface area contributed by atoms with E-state index in [1.165, 1.54) is 11.1 Å². The number of carbonyl (C=O) groups excluding carboxylic acids is 2. The molecule has 2 rings (SSSR count). The summed E-state index contributed by atoms with van der Waals surface area (Å²) >= 11 is 3.45. The lowest BCUT2D eigenvalue weighted by Gasteiger charge is -2.22. The lowest BCUT2D eigenvalue weighted by molar-refractivity contribution is -0.154. The second-order valence-electron chi connectivity index (χ2n) is 6.30. The average molecular weight is 397 g/mol. The Morgan fingerprint density at radius 1 is 1.12 bits per heavy atom. The molecule has 0 aliphatic carbocycles. The zero-order valence-electron chi connectivity index (χ0n) is 13.9. The van der Waals surface area contributed by atoms with Gasteiger partial charge in [0.2, 0.25) is 0 Å². The second kappa shape index (κ2) is 10.5. The lowest BCUT2D eigenvalue weighted by atomic mass is 9.99. The first-order valence-electron chi connectivity index (χ1n) is 8.63. The van der Waals surface area contributed by atoms with Crippen LogP contribution < -0.4 is 0 Å². The van der Waals surface area contributed by atoms with E-state index >= 15 is 0 Å². The molecule has 0 N–H and O–H groups in total. The van der Waals surface area contributed by atoms with Crippen molar-refractivity contribution in [2.75, 3.05) is 0 Å². The van der Waals surface area contributed by atoms with Crippen molar-refractivity contribution in [2.45, 2.75) is 68.9 Å². The van der Waals surface area contributed by atoms with Crippen LogP contribution in [0.5, 0.6) is 0 Å². The summed E-state index contributed by atoms with van der Waals surface area (Å²) in [6.45, 7) is 0.428. The summed E-state index contributed by atoms with van der Waals surface area (Å²) in [5.41, 5.74) is 2.51. The molecule has 1 saturated heterocycles. The highest BCUT2D eigenvalue weighted by molar-refractivity contribution is 9.08. The largest absolute Gasteiger partial charge is 0.464 e. The van der Waals surface area contributed by atoms with Crippen molar-refractivity contribution in [1.82, 2.24) is 0 Å². The Morgan fingerprint density at radius 3 is 2.54 bits per heavy atom. The Hall–Kier alpha value is -1.36. The molecule has 0 spiro atoms. The van der Waals surface area contributed by atoms with Crippen molar-refractivity contribution in [3.05, 3.63) is 35.4 Å². The lowest BCUT2D eigenvalue weighted by Crippen LogP contribution is -2.25. The molecule has 1 aromatic carbocycles. The molecule has 1 fully saturated rings. The number of ether oxygens (including phenoxy) is 2. The molecule has 1 heterocycles. The van der Waals surface area contributed by atoms with Gasteiger partial charge in [-0.3, -0.25) is 9.59 Å². The monoisotopic (exact) mass is 396 g/mol. The fourth-order valence-electron chi connectivity index (χ4n) is 3.02. The summed E-state index contributed by atoms with van der Waals surface area (Å²) in [5, 5.41) is 0.859. The third-order valence-electron chi connectivity index (χ3n) is 4.42. The fourth-order valence-corrected chi connectivity index (χ4v) is 3.40. The topological polar surface area (TPSA) is 52.6 Å². The molecule has 1 aromatic rings. The van der Waals surface area contributed by atoms with E-state index in [4.69, 9.17) is 9.47 Å². The summed E-state index contributed by atoms with van der Waals surface area (Å²) in [6, 6.07) is 8.49. The van der Waals surface area contributed by atoms with Gasteiger partial charge in [0.1, 0.15) is 12.2 Å². The molecule has 4 nitrogen and oxygen atoms in total. The standard InChI is InChI=1S/C19H25BrO4/c20-13-16-8-6-15(7-9-16)10-11-17-4-2-1-3-5-18(23-14-21)12-19(22)24-17/h6-9,14,17-18H,1-5,10-13H2. The number of cyclic esters (lactones) is 1. The minimum absolute atomic E-state index is 0.0525. The summed E-state index contributed by atoms with van der Waals surface area (Å²) in [6.07, 6.45) is 6.23. The zero-order valence-corrected chi connectivity index (χ0v) is 15.5. The Balaban J connectivity index is 1.87. The number of benzene rings is 1. The highest BCUT2D eigenvalue weighted by atomic mass is 79.9. The SMILES string of the molecule is O=COC1CCCCCC(CCc2ccc(CBr)cc2)OC(=O)C1. The number of rotatable bonds is 6. The molecule has 24 heavy (non-hydrogen) atoms. The molecule has 0 bridgehead atoms. The van der Waals surface area contributed by atoms with E-state index < -0.39 is 0 Å². The van der Waals surface area contributed by atoms with Gasteiger partial charge in [0.25, 0.3) is 6.47 Å². The number of halogens is 1. The minimum atomic E-state index is -0.342. The van der Waals surface area contributed by atoms with E-state index in [2.05, 4.69) is 40.2 Å². The van der Waals surface area contributed by atoms with Gasteiger partial charge in [-0.15, -0.1) is 0 Å². The van der Waals surface area contributed by atoms with E-state index in [1.54, 1.807) is 0 Å². The van der Waals surface area contributed by atoms with Gasteiger partial charge in [0.15, 0.2) is 0 Å². The van der Waals surface area contributed by atoms with Crippen LogP contribution >= 0.6 is 15.9 Å². The number of carbonyl (C=O) groups is 2. The van der Waals surface area contributed by atoms with Gasteiger partial charge in [0, 0.05) is 5.33 Å². The molecule has 0 aromatic heterocycles. The molecular formula is C19H25BrO4. The van der Waals surface area contributed by atoms with E-state index in [-0.39, 0.29) is 24.6 Å². The highest BCUT2D eigenvalue weighted by Crippen LogP contribution is 2.20. The summed E-state index contributed by atoms with van der Waals surface area (Å²) in [7, 11) is 0. The number of hydrogen-bond donors (Lipinski definition) is 0. The maximum Gasteiger partial charge on any atom is 0.309 e. The molecule has 1 aliphatic rings. The van der Waals surface area contributed by atoms with E-state index in [9.17, 15) is 9.59 Å². The summed E-state index contributed by atoms with van der Waals surface area (Å²) < 4.78 is 10.6. The van der Waals surface area contributed by atoms with Crippen LogP contribution in [0.2, 0.25) is 0 Å². The second-order valence-corrected chi connectivity index (χ2v) is 6.86. The normalized spacial score (nSPS) is 22.5. The van der Waals surface area contributed by atoms with Gasteiger partial charge in [0.05, 0.1) is 6.42 Å². The molecule has 0 saturated carbocycles. The van der Waals surface area contributed by atoms with Crippen LogP contribution in [0.25, 0.3) is 0 Å². The Morgan fingerprint density at radius 2 is 1.83 bits per heavy atom. The minimum Gasteiger partial charge on any atom is -0.464 e. The smallest absolute Gasteiger partial charge is 0.309 e. The molecule has 132 valence electrons. The molecule has 1 aliphatic heterocycles. The van der Waals surface area contributed by atoms with Crippen LogP contribution in [-0.2, 0) is 30.8 Å². The van der Waals surface area contributed by atoms with Crippen molar-refractivity contribution < 1.29 is 19.1 Å². The number of alkyl halides is 1. The Kier molecular flexibility index (Phi) is 8.29. The molecule has 0 radical (unpaired) electrons. The first-order chi connectivity index (χ1) is 11.7. The van der Waals surface area contributed by atoms with Crippen molar-refractivity contribution in [3.8, 4) is 0 Å². The van der Waals surface area contributed by atoms with Crippen LogP contribution in [0.4, 0.5) is 0 Å². The number of hydrogen-bond acceptors (Lipinski definition) is 4. The third-order valence-corrected chi connectivity index (χ3v) is 5.07. The maximum atomic E-state index is 12.1. The summed E-state index contributed by atoms with van der Waals surface area (Å²) in [5.74, 6) is -0.261. The molecule has 2 unspecified atom stereocenters. The highest BCUT2D eigenvalue weighted by Gasteiger charge is 2.21. The van der Waals surface area contributed by atoms with Gasteiger partial charge in [-0.25, -0.2) is 0 Å². The number of esters is 1. The predicted molar refractivity (Wildman–Crippen MR) is 95.9 cm³/mol. The van der Waals surface area contributed by atoms with Gasteiger partial charge in [-0.2, -0.15) is 0 Å². The van der Waals surface area contributed by atoms with Gasteiger partial charge in [-0.1, -0.05) is 46.6 Å². The van der Waals surface area contributed by atoms with Crippen LogP contribution in [-0.4, -0.2) is 24.6 Å². The van der Waals surface area contributed by atoms with E-state index in [0.717, 1.165) is 50.3 Å². The van der Waals surface area contributed by atoms with Crippen molar-refractivity contribution in [3.63, 3.8) is 0 Å². The van der Waals surface area contributed by atoms with Crippen molar-refractivity contribution in [1.29, 1.82) is 0 Å². The van der Waals surface area contributed by atoms with Crippen molar-refractivity contribution >= 4 is 28.4 Å². The molecular weight excluding hydrogens is 372 g/mol. The zero-order chi connectivity index (χ0) is 17.2. The average Bonchev–Trinajstić information content (AvgIpc) is 2.59. The van der Waals surface area contributed by atoms with E-state index in [1.807, 2.05) is 0 Å². The quantitative estimate of drug-likeness (QED) is 0.408. The predicted octanol–water partition coefficient (Wildman–Crippen LogP) is 4.32. The van der Waals surface area contributed by atoms with Gasteiger partial charge >= 0.3 is 5.97 Å².